The fourth-order valence-corrected chi connectivity index (χ4v) is 5.16. The first-order chi connectivity index (χ1) is 15.3. The summed E-state index contributed by atoms with van der Waals surface area (Å²) in [7, 11) is -3.61. The summed E-state index contributed by atoms with van der Waals surface area (Å²) in [6.07, 6.45) is 4.00. The number of benzene rings is 3. The molecule has 0 aliphatic heterocycles. The molecule has 0 amide bonds. The Morgan fingerprint density at radius 3 is 1.79 bits per heavy atom. The monoisotopic (exact) mass is 462 g/mol. The van der Waals surface area contributed by atoms with E-state index in [1.54, 1.807) is 12.1 Å². The van der Waals surface area contributed by atoms with Crippen LogP contribution in [0.3, 0.4) is 0 Å². The molecule has 0 aliphatic carbocycles. The molecular weight excluding hydrogens is 428 g/mol. The number of rotatable bonds is 5. The second-order valence-electron chi connectivity index (χ2n) is 10.6. The van der Waals surface area contributed by atoms with Gasteiger partial charge in [0, 0.05) is 11.1 Å². The third-order valence-corrected chi connectivity index (χ3v) is 7.30. The first kappa shape index (κ1) is 24.8. The van der Waals surface area contributed by atoms with E-state index in [9.17, 15) is 13.5 Å². The van der Waals surface area contributed by atoms with Crippen molar-refractivity contribution in [3.8, 4) is 5.75 Å². The van der Waals surface area contributed by atoms with Crippen LogP contribution in [0.25, 0.3) is 12.2 Å². The zero-order chi connectivity index (χ0) is 24.4. The Balaban J connectivity index is 1.98. The smallest absolute Gasteiger partial charge is 0.182 e. The zero-order valence-corrected chi connectivity index (χ0v) is 21.2. The van der Waals surface area contributed by atoms with Gasteiger partial charge >= 0.3 is 0 Å². The van der Waals surface area contributed by atoms with Crippen LogP contribution in [0.15, 0.2) is 71.6 Å². The second-order valence-corrected chi connectivity index (χ2v) is 12.6. The lowest BCUT2D eigenvalue weighted by molar-refractivity contribution is 0.422. The minimum absolute atomic E-state index is 0.0992. The van der Waals surface area contributed by atoms with Crippen molar-refractivity contribution in [3.05, 3.63) is 94.5 Å². The molecule has 174 valence electrons. The summed E-state index contributed by atoms with van der Waals surface area (Å²) in [4.78, 5) is 0.250. The van der Waals surface area contributed by atoms with Gasteiger partial charge in [0.05, 0.1) is 10.6 Å². The van der Waals surface area contributed by atoms with Gasteiger partial charge in [-0.2, -0.15) is 0 Å². The number of sulfone groups is 1. The Bertz CT molecular complexity index is 1220. The Morgan fingerprint density at radius 1 is 0.727 bits per heavy atom. The van der Waals surface area contributed by atoms with Gasteiger partial charge in [0.15, 0.2) is 9.84 Å². The third kappa shape index (κ3) is 6.14. The van der Waals surface area contributed by atoms with Crippen LogP contribution in [0.4, 0.5) is 0 Å². The molecule has 0 aliphatic rings. The maximum absolute atomic E-state index is 13.5. The number of aromatic hydroxyl groups is 1. The first-order valence-corrected chi connectivity index (χ1v) is 12.9. The van der Waals surface area contributed by atoms with E-state index in [2.05, 4.69) is 0 Å². The van der Waals surface area contributed by atoms with Crippen LogP contribution in [-0.2, 0) is 26.4 Å². The number of hydrogen-bond acceptors (Lipinski definition) is 3. The highest BCUT2D eigenvalue weighted by Crippen LogP contribution is 2.41. The Labute approximate surface area is 198 Å². The first-order valence-electron chi connectivity index (χ1n) is 11.2. The fraction of sp³-hybridized carbons (Fsp3) is 0.310. The molecule has 0 aromatic heterocycles. The highest BCUT2D eigenvalue weighted by molar-refractivity contribution is 7.90. The van der Waals surface area contributed by atoms with Gasteiger partial charge in [-0.3, -0.25) is 0 Å². The van der Waals surface area contributed by atoms with Crippen LogP contribution < -0.4 is 0 Å². The van der Waals surface area contributed by atoms with Gasteiger partial charge in [0.2, 0.25) is 0 Å². The van der Waals surface area contributed by atoms with Crippen molar-refractivity contribution in [2.24, 2.45) is 0 Å². The van der Waals surface area contributed by atoms with E-state index in [1.165, 1.54) is 0 Å². The Kier molecular flexibility index (Phi) is 6.90. The van der Waals surface area contributed by atoms with Gasteiger partial charge in [-0.1, -0.05) is 108 Å². The Morgan fingerprint density at radius 2 is 1.24 bits per heavy atom. The summed E-state index contributed by atoms with van der Waals surface area (Å²) < 4.78 is 26.9. The molecule has 0 saturated carbocycles. The van der Waals surface area contributed by atoms with Crippen molar-refractivity contribution >= 4 is 22.0 Å². The van der Waals surface area contributed by atoms with Gasteiger partial charge in [-0.25, -0.2) is 8.42 Å². The predicted molar refractivity (Wildman–Crippen MR) is 138 cm³/mol. The standard InChI is InChI=1S/C29H34O3S/c1-28(2,3)25-18-24(19-26(27(25)30)29(4,5)6)33(31,32)20-23-14-10-13-22(17-23)16-15-21-11-8-7-9-12-21/h7-19,30H,20H2,1-6H3/b16-15+. The van der Waals surface area contributed by atoms with E-state index in [0.717, 1.165) is 16.7 Å². The number of phenols is 1. The summed E-state index contributed by atoms with van der Waals surface area (Å²) >= 11 is 0. The van der Waals surface area contributed by atoms with Crippen molar-refractivity contribution in [2.75, 3.05) is 0 Å². The lowest BCUT2D eigenvalue weighted by Gasteiger charge is -2.28. The molecule has 0 spiro atoms. The average molecular weight is 463 g/mol. The molecule has 0 atom stereocenters. The Hall–Kier alpha value is -2.85. The van der Waals surface area contributed by atoms with Gasteiger partial charge in [-0.15, -0.1) is 0 Å². The molecule has 0 saturated heterocycles. The molecule has 3 aromatic carbocycles. The summed E-state index contributed by atoms with van der Waals surface area (Å²) in [5.74, 6) is 0.0832. The predicted octanol–water partition coefficient (Wildman–Crippen LogP) is 7.13. The minimum atomic E-state index is -3.61. The average Bonchev–Trinajstić information content (AvgIpc) is 2.71. The van der Waals surface area contributed by atoms with Gasteiger partial charge in [-0.05, 0) is 39.7 Å². The van der Waals surface area contributed by atoms with Crippen molar-refractivity contribution < 1.29 is 13.5 Å². The summed E-state index contributed by atoms with van der Waals surface area (Å²) in [6.45, 7) is 11.9. The van der Waals surface area contributed by atoms with E-state index >= 15 is 0 Å². The van der Waals surface area contributed by atoms with Crippen molar-refractivity contribution in [1.82, 2.24) is 0 Å². The molecule has 0 heterocycles. The fourth-order valence-electron chi connectivity index (χ4n) is 3.78. The van der Waals surface area contributed by atoms with Crippen molar-refractivity contribution in [3.63, 3.8) is 0 Å². The van der Waals surface area contributed by atoms with Crippen molar-refractivity contribution in [2.45, 2.75) is 63.0 Å². The van der Waals surface area contributed by atoms with E-state index in [0.29, 0.717) is 11.1 Å². The molecule has 0 unspecified atom stereocenters. The molecule has 33 heavy (non-hydrogen) atoms. The summed E-state index contributed by atoms with van der Waals surface area (Å²) in [5.41, 5.74) is 3.27. The van der Waals surface area contributed by atoms with Crippen LogP contribution in [0, 0.1) is 0 Å². The van der Waals surface area contributed by atoms with E-state index < -0.39 is 20.7 Å². The zero-order valence-electron chi connectivity index (χ0n) is 20.4. The van der Waals surface area contributed by atoms with Crippen LogP contribution in [0.5, 0.6) is 5.75 Å². The topological polar surface area (TPSA) is 54.4 Å². The summed E-state index contributed by atoms with van der Waals surface area (Å²) in [5, 5.41) is 10.9. The van der Waals surface area contributed by atoms with E-state index in [4.69, 9.17) is 0 Å². The quantitative estimate of drug-likeness (QED) is 0.410. The molecule has 0 radical (unpaired) electrons. The summed E-state index contributed by atoms with van der Waals surface area (Å²) in [6, 6.07) is 20.9. The van der Waals surface area contributed by atoms with Crippen molar-refractivity contribution in [1.29, 1.82) is 0 Å². The van der Waals surface area contributed by atoms with Gasteiger partial charge in [0.1, 0.15) is 5.75 Å². The lowest BCUT2D eigenvalue weighted by Crippen LogP contribution is -2.19. The number of hydrogen-bond donors (Lipinski definition) is 1. The lowest BCUT2D eigenvalue weighted by atomic mass is 9.79. The van der Waals surface area contributed by atoms with Crippen LogP contribution in [-0.4, -0.2) is 13.5 Å². The minimum Gasteiger partial charge on any atom is -0.507 e. The third-order valence-electron chi connectivity index (χ3n) is 5.63. The maximum atomic E-state index is 13.5. The molecule has 3 aromatic rings. The molecule has 3 nitrogen and oxygen atoms in total. The van der Waals surface area contributed by atoms with E-state index in [-0.39, 0.29) is 16.4 Å². The number of phenolic OH excluding ortho intramolecular Hbond substituents is 1. The van der Waals surface area contributed by atoms with Crippen LogP contribution in [0.2, 0.25) is 0 Å². The SMILES string of the molecule is CC(C)(C)c1cc(S(=O)(=O)Cc2cccc(/C=C/c3ccccc3)c2)cc(C(C)(C)C)c1O. The molecule has 4 heteroatoms. The molecule has 0 fully saturated rings. The van der Waals surface area contributed by atoms with Gasteiger partial charge in [0.25, 0.3) is 0 Å². The highest BCUT2D eigenvalue weighted by Gasteiger charge is 2.29. The molecule has 0 bridgehead atoms. The second kappa shape index (κ2) is 9.18. The van der Waals surface area contributed by atoms with Crippen LogP contribution >= 0.6 is 0 Å². The van der Waals surface area contributed by atoms with E-state index in [1.807, 2.05) is 108 Å². The van der Waals surface area contributed by atoms with Crippen LogP contribution in [0.1, 0.15) is 69.4 Å². The molecule has 3 rings (SSSR count). The maximum Gasteiger partial charge on any atom is 0.182 e. The van der Waals surface area contributed by atoms with Gasteiger partial charge < -0.3 is 5.11 Å². The highest BCUT2D eigenvalue weighted by atomic mass is 32.2. The normalized spacial score (nSPS) is 12.9. The largest absolute Gasteiger partial charge is 0.507 e. The molecular formula is C29H34O3S. The molecule has 1 N–H and O–H groups in total.